The molecule has 4 saturated carbocycles. The molecule has 0 saturated heterocycles. The molecule has 4 bridgehead atoms. The van der Waals surface area contributed by atoms with Gasteiger partial charge in [-0.2, -0.15) is 0 Å². The predicted molar refractivity (Wildman–Crippen MR) is 120 cm³/mol. The Hall–Kier alpha value is -2.14. The summed E-state index contributed by atoms with van der Waals surface area (Å²) < 4.78 is 5.36. The van der Waals surface area contributed by atoms with Gasteiger partial charge in [-0.05, 0) is 75.7 Å². The molecule has 0 spiro atoms. The first kappa shape index (κ1) is 19.8. The van der Waals surface area contributed by atoms with E-state index in [4.69, 9.17) is 4.74 Å². The Kier molecular flexibility index (Phi) is 4.97. The molecule has 6 rings (SSSR count). The van der Waals surface area contributed by atoms with E-state index in [1.54, 1.807) is 0 Å². The standard InChI is InChI=1S/C25H29NO3S/c1-3-29-23(27)21-20(19-6-4-15(2)5-7-19)14-30-22(21)26-24(28)25-11-16-8-17(12-25)10-18(9-16)13-25/h4-7,14,16-18H,3,8-13H2,1-2H3,(H,26,28). The molecule has 1 aromatic heterocycles. The molecule has 0 radical (unpaired) electrons. The van der Waals surface area contributed by atoms with Gasteiger partial charge in [0.1, 0.15) is 10.6 Å². The van der Waals surface area contributed by atoms with E-state index in [2.05, 4.69) is 5.32 Å². The Balaban J connectivity index is 1.46. The van der Waals surface area contributed by atoms with Crippen molar-refractivity contribution in [2.45, 2.75) is 52.4 Å². The molecule has 0 aliphatic heterocycles. The summed E-state index contributed by atoms with van der Waals surface area (Å²) in [7, 11) is 0. The minimum Gasteiger partial charge on any atom is -0.462 e. The zero-order valence-corrected chi connectivity index (χ0v) is 18.5. The fourth-order valence-electron chi connectivity index (χ4n) is 6.43. The molecule has 2 aromatic rings. The van der Waals surface area contributed by atoms with Gasteiger partial charge in [-0.25, -0.2) is 4.79 Å². The van der Waals surface area contributed by atoms with Gasteiger partial charge >= 0.3 is 5.97 Å². The van der Waals surface area contributed by atoms with Crippen molar-refractivity contribution in [1.29, 1.82) is 0 Å². The highest BCUT2D eigenvalue weighted by molar-refractivity contribution is 7.15. The van der Waals surface area contributed by atoms with Crippen LogP contribution in [0.3, 0.4) is 0 Å². The van der Waals surface area contributed by atoms with Crippen LogP contribution in [0, 0.1) is 30.1 Å². The maximum Gasteiger partial charge on any atom is 0.341 e. The van der Waals surface area contributed by atoms with Gasteiger partial charge < -0.3 is 10.1 Å². The first-order valence-electron chi connectivity index (χ1n) is 11.1. The number of nitrogens with one attached hydrogen (secondary N) is 1. The zero-order valence-electron chi connectivity index (χ0n) is 17.7. The topological polar surface area (TPSA) is 55.4 Å². The van der Waals surface area contributed by atoms with E-state index in [-0.39, 0.29) is 17.3 Å². The minimum absolute atomic E-state index is 0.115. The number of rotatable bonds is 5. The Morgan fingerprint density at radius 2 is 1.67 bits per heavy atom. The number of thiophene rings is 1. The van der Waals surface area contributed by atoms with Crippen molar-refractivity contribution in [3.63, 3.8) is 0 Å². The lowest BCUT2D eigenvalue weighted by atomic mass is 9.49. The van der Waals surface area contributed by atoms with Crippen molar-refractivity contribution in [3.05, 3.63) is 40.8 Å². The summed E-state index contributed by atoms with van der Waals surface area (Å²) in [6.45, 7) is 4.16. The molecular weight excluding hydrogens is 394 g/mol. The number of esters is 1. The number of amides is 1. The van der Waals surface area contributed by atoms with Gasteiger partial charge in [0.15, 0.2) is 0 Å². The van der Waals surface area contributed by atoms with Gasteiger partial charge in [0, 0.05) is 10.9 Å². The van der Waals surface area contributed by atoms with Crippen molar-refractivity contribution in [2.75, 3.05) is 11.9 Å². The predicted octanol–water partition coefficient (Wildman–Crippen LogP) is 6.06. The van der Waals surface area contributed by atoms with Crippen molar-refractivity contribution in [2.24, 2.45) is 23.2 Å². The van der Waals surface area contributed by atoms with Crippen molar-refractivity contribution >= 4 is 28.2 Å². The van der Waals surface area contributed by atoms with Crippen LogP contribution < -0.4 is 5.32 Å². The molecule has 4 fully saturated rings. The number of anilines is 1. The molecule has 158 valence electrons. The molecule has 0 unspecified atom stereocenters. The lowest BCUT2D eigenvalue weighted by molar-refractivity contribution is -0.140. The van der Waals surface area contributed by atoms with Crippen LogP contribution in [-0.2, 0) is 9.53 Å². The highest BCUT2D eigenvalue weighted by atomic mass is 32.1. The molecule has 4 nitrogen and oxygen atoms in total. The smallest absolute Gasteiger partial charge is 0.341 e. The molecule has 30 heavy (non-hydrogen) atoms. The van der Waals surface area contributed by atoms with E-state index in [0.29, 0.717) is 34.9 Å². The van der Waals surface area contributed by atoms with Gasteiger partial charge in [-0.1, -0.05) is 29.8 Å². The second kappa shape index (κ2) is 7.52. The van der Waals surface area contributed by atoms with Crippen LogP contribution in [-0.4, -0.2) is 18.5 Å². The maximum absolute atomic E-state index is 13.5. The third kappa shape index (κ3) is 3.37. The summed E-state index contributed by atoms with van der Waals surface area (Å²) >= 11 is 1.43. The number of carbonyl (C=O) groups is 2. The van der Waals surface area contributed by atoms with E-state index < -0.39 is 0 Å². The SMILES string of the molecule is CCOC(=O)c1c(-c2ccc(C)cc2)csc1NC(=O)C12CC3CC(CC(C3)C1)C2. The lowest BCUT2D eigenvalue weighted by Gasteiger charge is -2.55. The number of benzene rings is 1. The summed E-state index contributed by atoms with van der Waals surface area (Å²) in [4.78, 5) is 26.4. The molecule has 0 atom stereocenters. The molecule has 1 N–H and O–H groups in total. The monoisotopic (exact) mass is 423 g/mol. The molecule has 1 aromatic carbocycles. The van der Waals surface area contributed by atoms with Crippen molar-refractivity contribution in [1.82, 2.24) is 0 Å². The second-order valence-corrected chi connectivity index (χ2v) is 10.5. The summed E-state index contributed by atoms with van der Waals surface area (Å²) in [5.41, 5.74) is 3.22. The molecule has 5 heteroatoms. The number of aryl methyl sites for hydroxylation is 1. The van der Waals surface area contributed by atoms with E-state index >= 15 is 0 Å². The minimum atomic E-state index is -0.366. The van der Waals surface area contributed by atoms with E-state index in [0.717, 1.165) is 30.4 Å². The van der Waals surface area contributed by atoms with Crippen molar-refractivity contribution in [3.8, 4) is 11.1 Å². The van der Waals surface area contributed by atoms with E-state index in [1.165, 1.54) is 36.2 Å². The fourth-order valence-corrected chi connectivity index (χ4v) is 7.38. The number of hydrogen-bond donors (Lipinski definition) is 1. The van der Waals surface area contributed by atoms with Crippen LogP contribution in [0.2, 0.25) is 0 Å². The van der Waals surface area contributed by atoms with E-state index in [9.17, 15) is 9.59 Å². The molecule has 1 amide bonds. The van der Waals surface area contributed by atoms with Crippen LogP contribution in [0.25, 0.3) is 11.1 Å². The first-order valence-corrected chi connectivity index (χ1v) is 12.0. The highest BCUT2D eigenvalue weighted by Crippen LogP contribution is 2.60. The van der Waals surface area contributed by atoms with Crippen LogP contribution >= 0.6 is 11.3 Å². The Bertz CT molecular complexity index is 939. The average molecular weight is 424 g/mol. The maximum atomic E-state index is 13.5. The summed E-state index contributed by atoms with van der Waals surface area (Å²) in [6, 6.07) is 8.11. The number of ether oxygens (including phenoxy) is 1. The average Bonchev–Trinajstić information content (AvgIpc) is 3.11. The summed E-state index contributed by atoms with van der Waals surface area (Å²) in [6.07, 6.45) is 6.94. The Morgan fingerprint density at radius 1 is 1.07 bits per heavy atom. The Morgan fingerprint density at radius 3 is 2.23 bits per heavy atom. The largest absolute Gasteiger partial charge is 0.462 e. The first-order chi connectivity index (χ1) is 14.5. The van der Waals surface area contributed by atoms with Gasteiger partial charge in [0.2, 0.25) is 5.91 Å². The normalized spacial score (nSPS) is 29.1. The third-order valence-corrected chi connectivity index (χ3v) is 8.28. The quantitative estimate of drug-likeness (QED) is 0.595. The summed E-state index contributed by atoms with van der Waals surface area (Å²) in [5.74, 6) is 1.87. The molecule has 4 aliphatic carbocycles. The fraction of sp³-hybridized carbons (Fsp3) is 0.520. The molecule has 1 heterocycles. The highest BCUT2D eigenvalue weighted by Gasteiger charge is 2.54. The van der Waals surface area contributed by atoms with Crippen molar-refractivity contribution < 1.29 is 14.3 Å². The van der Waals surface area contributed by atoms with Crippen LogP contribution in [0.5, 0.6) is 0 Å². The van der Waals surface area contributed by atoms with Gasteiger partial charge in [0.05, 0.1) is 12.0 Å². The van der Waals surface area contributed by atoms with Crippen LogP contribution in [0.15, 0.2) is 29.6 Å². The van der Waals surface area contributed by atoms with E-state index in [1.807, 2.05) is 43.5 Å². The number of hydrogen-bond acceptors (Lipinski definition) is 4. The van der Waals surface area contributed by atoms with Crippen LogP contribution in [0.1, 0.15) is 61.4 Å². The molecule has 4 aliphatic rings. The lowest BCUT2D eigenvalue weighted by Crippen LogP contribution is -2.51. The Labute approximate surface area is 182 Å². The second-order valence-electron chi connectivity index (χ2n) is 9.59. The van der Waals surface area contributed by atoms with Gasteiger partial charge in [-0.3, -0.25) is 4.79 Å². The zero-order chi connectivity index (χ0) is 20.9. The summed E-state index contributed by atoms with van der Waals surface area (Å²) in [5, 5.41) is 5.78. The van der Waals surface area contributed by atoms with Crippen LogP contribution in [0.4, 0.5) is 5.00 Å². The third-order valence-electron chi connectivity index (χ3n) is 7.38. The van der Waals surface area contributed by atoms with Gasteiger partial charge in [-0.15, -0.1) is 11.3 Å². The molecular formula is C25H29NO3S. The number of carbonyl (C=O) groups excluding carboxylic acids is 2. The van der Waals surface area contributed by atoms with Gasteiger partial charge in [0.25, 0.3) is 0 Å².